The van der Waals surface area contributed by atoms with Gasteiger partial charge in [0, 0.05) is 13.1 Å². The molecule has 1 unspecified atom stereocenters. The van der Waals surface area contributed by atoms with Crippen molar-refractivity contribution in [1.82, 2.24) is 15.2 Å². The second-order valence-corrected chi connectivity index (χ2v) is 4.56. The summed E-state index contributed by atoms with van der Waals surface area (Å²) in [5.41, 5.74) is 0.976. The average Bonchev–Trinajstić information content (AvgIpc) is 2.67. The molecule has 0 amide bonds. The zero-order valence-corrected chi connectivity index (χ0v) is 9.69. The van der Waals surface area contributed by atoms with Crippen molar-refractivity contribution in [2.24, 2.45) is 5.92 Å². The molecule has 0 saturated carbocycles. The number of hydrogen-bond donors (Lipinski definition) is 2. The summed E-state index contributed by atoms with van der Waals surface area (Å²) in [4.78, 5) is 6.50. The smallest absolute Gasteiger partial charge is 0.133 e. The molecule has 0 aromatic carbocycles. The number of rotatable bonds is 4. The first-order chi connectivity index (χ1) is 7.74. The third kappa shape index (κ3) is 3.18. The Bertz CT molecular complexity index is 326. The quantitative estimate of drug-likeness (QED) is 0.790. The number of nitrogens with one attached hydrogen (secondary N) is 1. The van der Waals surface area contributed by atoms with E-state index in [2.05, 4.69) is 22.2 Å². The Kier molecular flexibility index (Phi) is 3.74. The molecule has 4 heteroatoms. The average molecular weight is 221 g/mol. The second kappa shape index (κ2) is 5.27. The van der Waals surface area contributed by atoms with Gasteiger partial charge in [0.15, 0.2) is 0 Å². The zero-order chi connectivity index (χ0) is 11.4. The molecule has 1 aromatic heterocycles. The van der Waals surface area contributed by atoms with Crippen molar-refractivity contribution in [2.45, 2.75) is 13.0 Å². The topological polar surface area (TPSA) is 48.4 Å². The number of aromatic nitrogens is 1. The highest BCUT2D eigenvalue weighted by atomic mass is 16.3. The van der Waals surface area contributed by atoms with Crippen LogP contribution in [0, 0.1) is 5.92 Å². The fourth-order valence-electron chi connectivity index (χ4n) is 2.12. The summed E-state index contributed by atoms with van der Waals surface area (Å²) in [7, 11) is 2.17. The van der Waals surface area contributed by atoms with Crippen LogP contribution in [0.5, 0.6) is 5.75 Å². The highest BCUT2D eigenvalue weighted by Crippen LogP contribution is 2.13. The van der Waals surface area contributed by atoms with Crippen LogP contribution in [0.15, 0.2) is 18.3 Å². The fraction of sp³-hybridized carbons (Fsp3) is 0.583. The summed E-state index contributed by atoms with van der Waals surface area (Å²) in [5, 5.41) is 12.5. The first-order valence-electron chi connectivity index (χ1n) is 5.77. The van der Waals surface area contributed by atoms with Gasteiger partial charge in [-0.05, 0) is 44.6 Å². The molecule has 16 heavy (non-hydrogen) atoms. The first kappa shape index (κ1) is 11.4. The lowest BCUT2D eigenvalue weighted by Crippen LogP contribution is -2.25. The van der Waals surface area contributed by atoms with E-state index < -0.39 is 0 Å². The van der Waals surface area contributed by atoms with E-state index in [0.29, 0.717) is 0 Å². The standard InChI is InChI=1S/C12H19N3O/c1-15-5-4-10(9-15)6-13-7-11-2-3-12(16)8-14-11/h2-3,8,10,13,16H,4-7,9H2,1H3. The summed E-state index contributed by atoms with van der Waals surface area (Å²) in [6.45, 7) is 4.23. The number of aromatic hydroxyl groups is 1. The fourth-order valence-corrected chi connectivity index (χ4v) is 2.12. The third-order valence-electron chi connectivity index (χ3n) is 3.04. The van der Waals surface area contributed by atoms with E-state index in [1.807, 2.05) is 6.07 Å². The molecule has 1 aromatic rings. The van der Waals surface area contributed by atoms with Crippen LogP contribution in [0.4, 0.5) is 0 Å². The van der Waals surface area contributed by atoms with E-state index >= 15 is 0 Å². The minimum absolute atomic E-state index is 0.223. The Balaban J connectivity index is 1.70. The SMILES string of the molecule is CN1CCC(CNCc2ccc(O)cn2)C1. The highest BCUT2D eigenvalue weighted by Gasteiger charge is 2.18. The predicted molar refractivity (Wildman–Crippen MR) is 63.2 cm³/mol. The van der Waals surface area contributed by atoms with Crippen LogP contribution in [0.2, 0.25) is 0 Å². The Morgan fingerprint density at radius 3 is 3.06 bits per heavy atom. The maximum absolute atomic E-state index is 9.10. The van der Waals surface area contributed by atoms with Crippen molar-refractivity contribution in [1.29, 1.82) is 0 Å². The minimum Gasteiger partial charge on any atom is -0.506 e. The van der Waals surface area contributed by atoms with Crippen LogP contribution in [0.1, 0.15) is 12.1 Å². The van der Waals surface area contributed by atoms with Gasteiger partial charge in [-0.1, -0.05) is 0 Å². The summed E-state index contributed by atoms with van der Waals surface area (Å²) < 4.78 is 0. The zero-order valence-electron chi connectivity index (χ0n) is 9.69. The lowest BCUT2D eigenvalue weighted by Gasteiger charge is -2.11. The maximum Gasteiger partial charge on any atom is 0.133 e. The Morgan fingerprint density at radius 2 is 2.44 bits per heavy atom. The van der Waals surface area contributed by atoms with Gasteiger partial charge in [-0.2, -0.15) is 0 Å². The molecule has 1 saturated heterocycles. The summed E-state index contributed by atoms with van der Waals surface area (Å²) in [6.07, 6.45) is 2.77. The Labute approximate surface area is 96.3 Å². The molecule has 2 rings (SSSR count). The molecule has 2 heterocycles. The van der Waals surface area contributed by atoms with Gasteiger partial charge in [0.2, 0.25) is 0 Å². The molecule has 1 aliphatic heterocycles. The molecular weight excluding hydrogens is 202 g/mol. The maximum atomic E-state index is 9.10. The lowest BCUT2D eigenvalue weighted by molar-refractivity contribution is 0.388. The van der Waals surface area contributed by atoms with Crippen LogP contribution in [0.25, 0.3) is 0 Å². The van der Waals surface area contributed by atoms with Gasteiger partial charge in [-0.25, -0.2) is 0 Å². The predicted octanol–water partition coefficient (Wildman–Crippen LogP) is 0.828. The van der Waals surface area contributed by atoms with Crippen molar-refractivity contribution < 1.29 is 5.11 Å². The minimum atomic E-state index is 0.223. The van der Waals surface area contributed by atoms with Gasteiger partial charge in [0.05, 0.1) is 11.9 Å². The molecule has 0 spiro atoms. The van der Waals surface area contributed by atoms with Crippen molar-refractivity contribution >= 4 is 0 Å². The van der Waals surface area contributed by atoms with E-state index in [1.54, 1.807) is 6.07 Å². The van der Waals surface area contributed by atoms with E-state index in [0.717, 1.165) is 24.7 Å². The number of likely N-dealkylation sites (tertiary alicyclic amines) is 1. The van der Waals surface area contributed by atoms with Crippen LogP contribution < -0.4 is 5.32 Å². The highest BCUT2D eigenvalue weighted by molar-refractivity contribution is 5.17. The van der Waals surface area contributed by atoms with Gasteiger partial charge in [-0.15, -0.1) is 0 Å². The first-order valence-corrected chi connectivity index (χ1v) is 5.77. The molecule has 88 valence electrons. The molecule has 0 radical (unpaired) electrons. The molecule has 1 atom stereocenters. The van der Waals surface area contributed by atoms with Crippen molar-refractivity contribution in [3.8, 4) is 5.75 Å². The van der Waals surface area contributed by atoms with E-state index in [-0.39, 0.29) is 5.75 Å². The second-order valence-electron chi connectivity index (χ2n) is 4.56. The largest absolute Gasteiger partial charge is 0.506 e. The van der Waals surface area contributed by atoms with Gasteiger partial charge in [-0.3, -0.25) is 4.98 Å². The summed E-state index contributed by atoms with van der Waals surface area (Å²) >= 11 is 0. The number of pyridine rings is 1. The Hall–Kier alpha value is -1.13. The van der Waals surface area contributed by atoms with Gasteiger partial charge >= 0.3 is 0 Å². The Morgan fingerprint density at radius 1 is 1.56 bits per heavy atom. The van der Waals surface area contributed by atoms with E-state index in [9.17, 15) is 0 Å². The van der Waals surface area contributed by atoms with Crippen LogP contribution in [0.3, 0.4) is 0 Å². The van der Waals surface area contributed by atoms with Crippen molar-refractivity contribution in [3.63, 3.8) is 0 Å². The third-order valence-corrected chi connectivity index (χ3v) is 3.04. The van der Waals surface area contributed by atoms with E-state index in [4.69, 9.17) is 5.11 Å². The summed E-state index contributed by atoms with van der Waals surface area (Å²) in [6, 6.07) is 3.52. The van der Waals surface area contributed by atoms with Crippen LogP contribution in [-0.4, -0.2) is 41.7 Å². The molecule has 1 fully saturated rings. The van der Waals surface area contributed by atoms with Gasteiger partial charge in [0.1, 0.15) is 5.75 Å². The number of hydrogen-bond acceptors (Lipinski definition) is 4. The molecule has 2 N–H and O–H groups in total. The molecular formula is C12H19N3O. The van der Waals surface area contributed by atoms with E-state index in [1.165, 1.54) is 25.7 Å². The van der Waals surface area contributed by atoms with Crippen molar-refractivity contribution in [3.05, 3.63) is 24.0 Å². The van der Waals surface area contributed by atoms with Crippen molar-refractivity contribution in [2.75, 3.05) is 26.7 Å². The van der Waals surface area contributed by atoms with Gasteiger partial charge < -0.3 is 15.3 Å². The van der Waals surface area contributed by atoms with Crippen LogP contribution >= 0.6 is 0 Å². The lowest BCUT2D eigenvalue weighted by atomic mass is 10.1. The molecule has 0 aliphatic carbocycles. The van der Waals surface area contributed by atoms with Crippen LogP contribution in [-0.2, 0) is 6.54 Å². The molecule has 4 nitrogen and oxygen atoms in total. The molecule has 1 aliphatic rings. The monoisotopic (exact) mass is 221 g/mol. The summed E-state index contributed by atoms with van der Waals surface area (Å²) in [5.74, 6) is 0.989. The normalized spacial score (nSPS) is 21.4. The molecule has 0 bridgehead atoms. The number of nitrogens with zero attached hydrogens (tertiary/aromatic N) is 2. The van der Waals surface area contributed by atoms with Gasteiger partial charge in [0.25, 0.3) is 0 Å².